The van der Waals surface area contributed by atoms with Gasteiger partial charge in [-0.15, -0.1) is 0 Å². The lowest BCUT2D eigenvalue weighted by molar-refractivity contribution is 0.0507. The lowest BCUT2D eigenvalue weighted by Crippen LogP contribution is -2.33. The second-order valence-electron chi connectivity index (χ2n) is 5.54. The van der Waals surface area contributed by atoms with Gasteiger partial charge in [-0.3, -0.25) is 0 Å². The minimum absolute atomic E-state index is 0.670. The molecule has 1 atom stereocenters. The number of ether oxygens (including phenoxy) is 1. The van der Waals surface area contributed by atoms with Gasteiger partial charge in [0.2, 0.25) is 0 Å². The van der Waals surface area contributed by atoms with Crippen molar-refractivity contribution in [2.75, 3.05) is 26.8 Å². The van der Waals surface area contributed by atoms with E-state index >= 15 is 0 Å². The van der Waals surface area contributed by atoms with Crippen LogP contribution in [0.3, 0.4) is 0 Å². The summed E-state index contributed by atoms with van der Waals surface area (Å²) in [5.74, 6) is 0. The van der Waals surface area contributed by atoms with Crippen molar-refractivity contribution >= 4 is 0 Å². The summed E-state index contributed by atoms with van der Waals surface area (Å²) in [5, 5.41) is 13.8. The van der Waals surface area contributed by atoms with Gasteiger partial charge < -0.3 is 15.2 Å². The maximum atomic E-state index is 10.5. The van der Waals surface area contributed by atoms with Crippen molar-refractivity contribution in [3.05, 3.63) is 34.9 Å². The molecule has 1 aromatic carbocycles. The highest BCUT2D eigenvalue weighted by Gasteiger charge is 2.22. The van der Waals surface area contributed by atoms with Gasteiger partial charge in [-0.1, -0.05) is 18.2 Å². The first kappa shape index (κ1) is 16.2. The number of hydrogen-bond donors (Lipinski definition) is 2. The zero-order valence-corrected chi connectivity index (χ0v) is 12.6. The molecular weight excluding hydrogens is 238 g/mol. The lowest BCUT2D eigenvalue weighted by atomic mass is 9.88. The Hall–Kier alpha value is -0.900. The van der Waals surface area contributed by atoms with Gasteiger partial charge in [0.15, 0.2) is 0 Å². The van der Waals surface area contributed by atoms with E-state index in [4.69, 9.17) is 4.74 Å². The van der Waals surface area contributed by atoms with Gasteiger partial charge in [-0.05, 0) is 50.4 Å². The summed E-state index contributed by atoms with van der Waals surface area (Å²) in [6.07, 6.45) is 1.45. The van der Waals surface area contributed by atoms with Crippen LogP contribution in [0.25, 0.3) is 0 Å². The minimum atomic E-state index is -0.670. The SMILES string of the molecule is COCCNCCC(C)(O)Cc1c(C)cccc1C. The van der Waals surface area contributed by atoms with E-state index in [1.54, 1.807) is 7.11 Å². The predicted octanol–water partition coefficient (Wildman–Crippen LogP) is 2.22. The Kier molecular flexibility index (Phi) is 6.49. The van der Waals surface area contributed by atoms with Crippen LogP contribution in [0.2, 0.25) is 0 Å². The standard InChI is InChI=1S/C16H27NO2/c1-13-6-5-7-14(2)15(13)12-16(3,18)8-9-17-10-11-19-4/h5-7,17-18H,8-12H2,1-4H3. The van der Waals surface area contributed by atoms with Gasteiger partial charge >= 0.3 is 0 Å². The highest BCUT2D eigenvalue weighted by atomic mass is 16.5. The van der Waals surface area contributed by atoms with Gasteiger partial charge in [0.25, 0.3) is 0 Å². The zero-order valence-electron chi connectivity index (χ0n) is 12.6. The summed E-state index contributed by atoms with van der Waals surface area (Å²) in [7, 11) is 1.69. The van der Waals surface area contributed by atoms with E-state index in [-0.39, 0.29) is 0 Å². The zero-order chi connectivity index (χ0) is 14.3. The molecule has 0 aliphatic heterocycles. The maximum absolute atomic E-state index is 10.5. The Morgan fingerprint density at radius 1 is 1.21 bits per heavy atom. The van der Waals surface area contributed by atoms with E-state index in [2.05, 4.69) is 37.4 Å². The molecular formula is C16H27NO2. The Labute approximate surface area is 117 Å². The van der Waals surface area contributed by atoms with Crippen molar-refractivity contribution in [3.63, 3.8) is 0 Å². The van der Waals surface area contributed by atoms with Crippen molar-refractivity contribution in [1.82, 2.24) is 5.32 Å². The van der Waals surface area contributed by atoms with Crippen LogP contribution in [0.4, 0.5) is 0 Å². The van der Waals surface area contributed by atoms with Crippen LogP contribution < -0.4 is 5.32 Å². The highest BCUT2D eigenvalue weighted by Crippen LogP contribution is 2.22. The first-order valence-electron chi connectivity index (χ1n) is 6.93. The van der Waals surface area contributed by atoms with Gasteiger partial charge in [-0.2, -0.15) is 0 Å². The number of aliphatic hydroxyl groups is 1. The van der Waals surface area contributed by atoms with Crippen LogP contribution >= 0.6 is 0 Å². The molecule has 2 N–H and O–H groups in total. The highest BCUT2D eigenvalue weighted by molar-refractivity contribution is 5.34. The lowest BCUT2D eigenvalue weighted by Gasteiger charge is -2.25. The third kappa shape index (κ3) is 5.72. The molecule has 0 spiro atoms. The number of hydrogen-bond acceptors (Lipinski definition) is 3. The smallest absolute Gasteiger partial charge is 0.0672 e. The Bertz CT molecular complexity index is 368. The molecule has 0 fully saturated rings. The Morgan fingerprint density at radius 3 is 2.42 bits per heavy atom. The summed E-state index contributed by atoms with van der Waals surface area (Å²) in [5.41, 5.74) is 3.11. The fraction of sp³-hybridized carbons (Fsp3) is 0.625. The molecule has 0 bridgehead atoms. The van der Waals surface area contributed by atoms with Crippen LogP contribution in [0, 0.1) is 13.8 Å². The average Bonchev–Trinajstić information content (AvgIpc) is 2.34. The molecule has 1 aromatic rings. The van der Waals surface area contributed by atoms with Crippen LogP contribution in [0.1, 0.15) is 30.0 Å². The van der Waals surface area contributed by atoms with Crippen LogP contribution in [-0.2, 0) is 11.2 Å². The normalized spacial score (nSPS) is 14.4. The third-order valence-electron chi connectivity index (χ3n) is 3.53. The number of benzene rings is 1. The van der Waals surface area contributed by atoms with Gasteiger partial charge in [0, 0.05) is 20.1 Å². The molecule has 0 amide bonds. The first-order valence-corrected chi connectivity index (χ1v) is 6.93. The quantitative estimate of drug-likeness (QED) is 0.708. The number of rotatable bonds is 8. The second kappa shape index (κ2) is 7.63. The predicted molar refractivity (Wildman–Crippen MR) is 79.6 cm³/mol. The summed E-state index contributed by atoms with van der Waals surface area (Å²) in [4.78, 5) is 0. The molecule has 19 heavy (non-hydrogen) atoms. The van der Waals surface area contributed by atoms with Gasteiger partial charge in [-0.25, -0.2) is 0 Å². The van der Waals surface area contributed by atoms with E-state index in [1.165, 1.54) is 16.7 Å². The van der Waals surface area contributed by atoms with Crippen LogP contribution in [0.15, 0.2) is 18.2 Å². The molecule has 0 saturated carbocycles. The van der Waals surface area contributed by atoms with Crippen LogP contribution in [0.5, 0.6) is 0 Å². The van der Waals surface area contributed by atoms with Crippen molar-refractivity contribution < 1.29 is 9.84 Å². The summed E-state index contributed by atoms with van der Waals surface area (Å²) in [6, 6.07) is 6.28. The molecule has 0 heterocycles. The topological polar surface area (TPSA) is 41.5 Å². The first-order chi connectivity index (χ1) is 8.96. The molecule has 0 radical (unpaired) electrons. The summed E-state index contributed by atoms with van der Waals surface area (Å²) < 4.78 is 4.98. The molecule has 0 aromatic heterocycles. The fourth-order valence-corrected chi connectivity index (χ4v) is 2.25. The maximum Gasteiger partial charge on any atom is 0.0672 e. The molecule has 108 valence electrons. The van der Waals surface area contributed by atoms with Crippen molar-refractivity contribution in [3.8, 4) is 0 Å². The molecule has 3 heteroatoms. The van der Waals surface area contributed by atoms with Crippen molar-refractivity contribution in [2.45, 2.75) is 39.2 Å². The third-order valence-corrected chi connectivity index (χ3v) is 3.53. The van der Waals surface area contributed by atoms with Crippen LogP contribution in [-0.4, -0.2) is 37.5 Å². The van der Waals surface area contributed by atoms with E-state index in [0.29, 0.717) is 13.0 Å². The van der Waals surface area contributed by atoms with Gasteiger partial charge in [0.05, 0.1) is 12.2 Å². The largest absolute Gasteiger partial charge is 0.390 e. The van der Waals surface area contributed by atoms with E-state index < -0.39 is 5.60 Å². The van der Waals surface area contributed by atoms with Crippen molar-refractivity contribution in [2.24, 2.45) is 0 Å². The fourth-order valence-electron chi connectivity index (χ4n) is 2.25. The molecule has 3 nitrogen and oxygen atoms in total. The summed E-state index contributed by atoms with van der Waals surface area (Å²) in [6.45, 7) is 8.47. The Balaban J connectivity index is 2.49. The van der Waals surface area contributed by atoms with E-state index in [9.17, 15) is 5.11 Å². The number of nitrogens with one attached hydrogen (secondary N) is 1. The molecule has 1 unspecified atom stereocenters. The minimum Gasteiger partial charge on any atom is -0.390 e. The second-order valence-corrected chi connectivity index (χ2v) is 5.54. The average molecular weight is 265 g/mol. The van der Waals surface area contributed by atoms with E-state index in [1.807, 2.05) is 6.92 Å². The molecule has 0 aliphatic rings. The monoisotopic (exact) mass is 265 g/mol. The van der Waals surface area contributed by atoms with Gasteiger partial charge in [0.1, 0.15) is 0 Å². The number of methoxy groups -OCH3 is 1. The van der Waals surface area contributed by atoms with Crippen molar-refractivity contribution in [1.29, 1.82) is 0 Å². The molecule has 0 aliphatic carbocycles. The van der Waals surface area contributed by atoms with E-state index in [0.717, 1.165) is 19.5 Å². The Morgan fingerprint density at radius 2 is 1.84 bits per heavy atom. The molecule has 0 saturated heterocycles. The molecule has 1 rings (SSSR count). The number of aryl methyl sites for hydroxylation is 2. The summed E-state index contributed by atoms with van der Waals surface area (Å²) >= 11 is 0.